The minimum Gasteiger partial charge on any atom is -0.305 e. The van der Waals surface area contributed by atoms with E-state index in [1.165, 1.54) is 16.7 Å². The van der Waals surface area contributed by atoms with Crippen LogP contribution in [0.15, 0.2) is 18.2 Å². The van der Waals surface area contributed by atoms with Crippen molar-refractivity contribution in [3.05, 3.63) is 34.9 Å². The summed E-state index contributed by atoms with van der Waals surface area (Å²) in [7, 11) is 1.63. The number of hydrogen-bond acceptors (Lipinski definition) is 2. The molecule has 1 aromatic rings. The molecule has 0 spiro atoms. The van der Waals surface area contributed by atoms with Gasteiger partial charge in [-0.2, -0.15) is 5.48 Å². The Bertz CT molecular complexity index is 238. The topological polar surface area (TPSA) is 21.3 Å². The van der Waals surface area contributed by atoms with Gasteiger partial charge >= 0.3 is 0 Å². The molecule has 0 atom stereocenters. The number of nitrogens with one attached hydrogen (secondary N) is 1. The van der Waals surface area contributed by atoms with E-state index in [1.54, 1.807) is 7.11 Å². The van der Waals surface area contributed by atoms with Gasteiger partial charge in [0.15, 0.2) is 0 Å². The third-order valence-electron chi connectivity index (χ3n) is 1.70. The molecule has 0 aromatic heterocycles. The molecule has 0 aliphatic heterocycles. The molecule has 12 heavy (non-hydrogen) atoms. The van der Waals surface area contributed by atoms with Gasteiger partial charge in [-0.3, -0.25) is 0 Å². The van der Waals surface area contributed by atoms with Crippen molar-refractivity contribution in [3.8, 4) is 0 Å². The van der Waals surface area contributed by atoms with Crippen LogP contribution in [0.25, 0.3) is 0 Å². The molecule has 1 N–H and O–H groups in total. The van der Waals surface area contributed by atoms with Gasteiger partial charge < -0.3 is 4.84 Å². The first-order valence-corrected chi connectivity index (χ1v) is 4.05. The molecule has 0 aliphatic rings. The lowest BCUT2D eigenvalue weighted by Crippen LogP contribution is -2.10. The Morgan fingerprint density at radius 3 is 2.25 bits per heavy atom. The van der Waals surface area contributed by atoms with Crippen molar-refractivity contribution >= 4 is 0 Å². The summed E-state index contributed by atoms with van der Waals surface area (Å²) in [5.74, 6) is 0. The van der Waals surface area contributed by atoms with Crippen molar-refractivity contribution in [3.63, 3.8) is 0 Å². The van der Waals surface area contributed by atoms with Crippen LogP contribution in [0.1, 0.15) is 16.7 Å². The number of aryl methyl sites for hydroxylation is 2. The van der Waals surface area contributed by atoms with Gasteiger partial charge in [0.25, 0.3) is 0 Å². The zero-order valence-electron chi connectivity index (χ0n) is 7.85. The van der Waals surface area contributed by atoms with Crippen LogP contribution in [0.3, 0.4) is 0 Å². The lowest BCUT2D eigenvalue weighted by molar-refractivity contribution is 0.0867. The van der Waals surface area contributed by atoms with Crippen LogP contribution in [0.5, 0.6) is 0 Å². The van der Waals surface area contributed by atoms with Crippen LogP contribution >= 0.6 is 0 Å². The van der Waals surface area contributed by atoms with E-state index in [9.17, 15) is 0 Å². The fourth-order valence-electron chi connectivity index (χ4n) is 1.33. The second-order valence-electron chi connectivity index (χ2n) is 3.02. The van der Waals surface area contributed by atoms with Gasteiger partial charge in [-0.25, -0.2) is 0 Å². The summed E-state index contributed by atoms with van der Waals surface area (Å²) in [4.78, 5) is 4.78. The van der Waals surface area contributed by atoms with Gasteiger partial charge in [0.05, 0.1) is 7.11 Å². The summed E-state index contributed by atoms with van der Waals surface area (Å²) in [6.07, 6.45) is 0. The Hall–Kier alpha value is -0.860. The Labute approximate surface area is 73.5 Å². The number of hydroxylamine groups is 1. The SMILES string of the molecule is CONCc1cc(C)cc(C)c1. The fourth-order valence-corrected chi connectivity index (χ4v) is 1.33. The minimum absolute atomic E-state index is 0.763. The standard InChI is InChI=1S/C10H15NO/c1-8-4-9(2)6-10(5-8)7-11-12-3/h4-6,11H,7H2,1-3H3. The largest absolute Gasteiger partial charge is 0.305 e. The minimum atomic E-state index is 0.763. The molecule has 2 nitrogen and oxygen atoms in total. The maximum absolute atomic E-state index is 4.78. The van der Waals surface area contributed by atoms with Crippen LogP contribution in [-0.4, -0.2) is 7.11 Å². The summed E-state index contributed by atoms with van der Waals surface area (Å²) >= 11 is 0. The molecule has 0 unspecified atom stereocenters. The van der Waals surface area contributed by atoms with Gasteiger partial charge in [-0.05, 0) is 19.4 Å². The summed E-state index contributed by atoms with van der Waals surface area (Å²) in [5, 5.41) is 0. The monoisotopic (exact) mass is 165 g/mol. The third kappa shape index (κ3) is 2.64. The summed E-state index contributed by atoms with van der Waals surface area (Å²) in [6, 6.07) is 6.47. The molecule has 0 saturated carbocycles. The highest BCUT2D eigenvalue weighted by Gasteiger charge is 1.94. The van der Waals surface area contributed by atoms with E-state index >= 15 is 0 Å². The highest BCUT2D eigenvalue weighted by Crippen LogP contribution is 2.08. The molecule has 0 radical (unpaired) electrons. The number of hydrogen-bond donors (Lipinski definition) is 1. The molecule has 0 fully saturated rings. The maximum Gasteiger partial charge on any atom is 0.0572 e. The zero-order chi connectivity index (χ0) is 8.97. The lowest BCUT2D eigenvalue weighted by atomic mass is 10.1. The average Bonchev–Trinajstić information content (AvgIpc) is 1.99. The van der Waals surface area contributed by atoms with Crippen molar-refractivity contribution < 1.29 is 4.84 Å². The van der Waals surface area contributed by atoms with Gasteiger partial charge in [-0.1, -0.05) is 29.3 Å². The van der Waals surface area contributed by atoms with E-state index in [4.69, 9.17) is 4.84 Å². The van der Waals surface area contributed by atoms with Gasteiger partial charge in [0.1, 0.15) is 0 Å². The van der Waals surface area contributed by atoms with Gasteiger partial charge in [-0.15, -0.1) is 0 Å². The highest BCUT2D eigenvalue weighted by atomic mass is 16.6. The predicted molar refractivity (Wildman–Crippen MR) is 49.8 cm³/mol. The Morgan fingerprint density at radius 2 is 1.75 bits per heavy atom. The fraction of sp³-hybridized carbons (Fsp3) is 0.400. The second-order valence-corrected chi connectivity index (χ2v) is 3.02. The zero-order valence-corrected chi connectivity index (χ0v) is 7.85. The first-order valence-electron chi connectivity index (χ1n) is 4.05. The van der Waals surface area contributed by atoms with E-state index in [0.717, 1.165) is 6.54 Å². The van der Waals surface area contributed by atoms with E-state index in [0.29, 0.717) is 0 Å². The highest BCUT2D eigenvalue weighted by molar-refractivity contribution is 5.28. The molecular formula is C10H15NO. The van der Waals surface area contributed by atoms with Crippen LogP contribution in [0.4, 0.5) is 0 Å². The van der Waals surface area contributed by atoms with Crippen molar-refractivity contribution in [2.24, 2.45) is 0 Å². The summed E-state index contributed by atoms with van der Waals surface area (Å²) in [6.45, 7) is 4.96. The van der Waals surface area contributed by atoms with Crippen molar-refractivity contribution in [1.29, 1.82) is 0 Å². The Balaban J connectivity index is 2.72. The number of benzene rings is 1. The van der Waals surface area contributed by atoms with Gasteiger partial charge in [0.2, 0.25) is 0 Å². The maximum atomic E-state index is 4.78. The van der Waals surface area contributed by atoms with Crippen LogP contribution in [0.2, 0.25) is 0 Å². The lowest BCUT2D eigenvalue weighted by Gasteiger charge is -2.04. The molecule has 66 valence electrons. The summed E-state index contributed by atoms with van der Waals surface area (Å²) in [5.41, 5.74) is 6.67. The Kier molecular flexibility index (Phi) is 3.26. The quantitative estimate of drug-likeness (QED) is 0.691. The summed E-state index contributed by atoms with van der Waals surface area (Å²) < 4.78 is 0. The van der Waals surface area contributed by atoms with Crippen molar-refractivity contribution in [2.75, 3.05) is 7.11 Å². The number of rotatable bonds is 3. The van der Waals surface area contributed by atoms with Crippen molar-refractivity contribution in [1.82, 2.24) is 5.48 Å². The smallest absolute Gasteiger partial charge is 0.0572 e. The van der Waals surface area contributed by atoms with Crippen LogP contribution in [-0.2, 0) is 11.4 Å². The normalized spacial score (nSPS) is 10.2. The molecule has 2 heteroatoms. The second kappa shape index (κ2) is 4.24. The first-order chi connectivity index (χ1) is 5.72. The first kappa shape index (κ1) is 9.23. The van der Waals surface area contributed by atoms with Crippen LogP contribution < -0.4 is 5.48 Å². The van der Waals surface area contributed by atoms with Crippen LogP contribution in [0, 0.1) is 13.8 Å². The molecular weight excluding hydrogens is 150 g/mol. The average molecular weight is 165 g/mol. The van der Waals surface area contributed by atoms with E-state index in [2.05, 4.69) is 37.5 Å². The predicted octanol–water partition coefficient (Wildman–Crippen LogP) is 1.95. The molecule has 0 amide bonds. The molecule has 0 aliphatic carbocycles. The molecule has 1 rings (SSSR count). The van der Waals surface area contributed by atoms with E-state index in [-0.39, 0.29) is 0 Å². The van der Waals surface area contributed by atoms with E-state index in [1.807, 2.05) is 0 Å². The van der Waals surface area contributed by atoms with E-state index < -0.39 is 0 Å². The molecule has 0 heterocycles. The Morgan fingerprint density at radius 1 is 1.17 bits per heavy atom. The molecule has 0 saturated heterocycles. The van der Waals surface area contributed by atoms with Gasteiger partial charge in [0, 0.05) is 6.54 Å². The molecule has 0 bridgehead atoms. The molecule has 1 aromatic carbocycles. The third-order valence-corrected chi connectivity index (χ3v) is 1.70. The van der Waals surface area contributed by atoms with Crippen molar-refractivity contribution in [2.45, 2.75) is 20.4 Å².